The summed E-state index contributed by atoms with van der Waals surface area (Å²) in [6.07, 6.45) is 54.0. The van der Waals surface area contributed by atoms with Gasteiger partial charge in [-0.2, -0.15) is 0 Å². The summed E-state index contributed by atoms with van der Waals surface area (Å²) in [7, 11) is 0. The van der Waals surface area contributed by atoms with Gasteiger partial charge in [-0.25, -0.2) is 0 Å². The van der Waals surface area contributed by atoms with E-state index >= 15 is 0 Å². The van der Waals surface area contributed by atoms with Gasteiger partial charge in [0, 0.05) is 19.3 Å². The third kappa shape index (κ3) is 44.7. The molecule has 0 amide bonds. The number of ether oxygens (including phenoxy) is 3. The molecule has 0 saturated carbocycles. The summed E-state index contributed by atoms with van der Waals surface area (Å²) in [5.41, 5.74) is 0. The maximum absolute atomic E-state index is 12.8. The van der Waals surface area contributed by atoms with Crippen LogP contribution < -0.4 is 0 Å². The zero-order valence-electron chi connectivity index (χ0n) is 38.6. The predicted octanol–water partition coefficient (Wildman–Crippen LogP) is 16.1. The van der Waals surface area contributed by atoms with Crippen molar-refractivity contribution in [2.75, 3.05) is 13.2 Å². The van der Waals surface area contributed by atoms with Gasteiger partial charge in [0.15, 0.2) is 6.10 Å². The van der Waals surface area contributed by atoms with Gasteiger partial charge in [0.2, 0.25) is 0 Å². The number of hydrogen-bond acceptors (Lipinski definition) is 6. The van der Waals surface area contributed by atoms with E-state index in [4.69, 9.17) is 14.2 Å². The minimum Gasteiger partial charge on any atom is -0.462 e. The molecule has 0 aromatic carbocycles. The van der Waals surface area contributed by atoms with Crippen LogP contribution in [0.5, 0.6) is 0 Å². The normalized spacial score (nSPS) is 12.3. The van der Waals surface area contributed by atoms with E-state index in [0.29, 0.717) is 19.3 Å². The quantitative estimate of drug-likeness (QED) is 0.0264. The second-order valence-corrected chi connectivity index (χ2v) is 16.7. The van der Waals surface area contributed by atoms with Crippen molar-refractivity contribution in [1.82, 2.24) is 0 Å². The number of rotatable bonds is 45. The first-order chi connectivity index (χ1) is 28.5. The largest absolute Gasteiger partial charge is 0.462 e. The molecule has 1 atom stereocenters. The first-order valence-electron chi connectivity index (χ1n) is 25.0. The molecule has 0 aliphatic carbocycles. The zero-order chi connectivity index (χ0) is 42.3. The van der Waals surface area contributed by atoms with Crippen molar-refractivity contribution < 1.29 is 28.6 Å². The Morgan fingerprint density at radius 1 is 0.345 bits per heavy atom. The molecule has 6 nitrogen and oxygen atoms in total. The van der Waals surface area contributed by atoms with E-state index < -0.39 is 6.10 Å². The molecule has 338 valence electrons. The van der Waals surface area contributed by atoms with E-state index in [1.807, 2.05) is 0 Å². The fraction of sp³-hybridized carbons (Fsp3) is 0.827. The standard InChI is InChI=1S/C52H94O6/c1-4-7-10-13-16-19-22-25-27-30-33-36-39-42-45-51(54)57-48-49(47-56-50(53)44-41-38-35-32-29-24-21-18-15-12-9-6-3)58-52(55)46-43-40-37-34-31-28-26-23-20-17-14-11-8-5-2/h13,16,22-23,25-26,49H,4-12,14-15,17-21,24,27-48H2,1-3H3/b16-13-,25-22-,26-23-. The highest BCUT2D eigenvalue weighted by Gasteiger charge is 2.19. The smallest absolute Gasteiger partial charge is 0.306 e. The number of esters is 3. The monoisotopic (exact) mass is 815 g/mol. The van der Waals surface area contributed by atoms with Crippen molar-refractivity contribution in [3.63, 3.8) is 0 Å². The van der Waals surface area contributed by atoms with Crippen molar-refractivity contribution in [2.45, 2.75) is 264 Å². The summed E-state index contributed by atoms with van der Waals surface area (Å²) in [4.78, 5) is 37.9. The van der Waals surface area contributed by atoms with Gasteiger partial charge in [-0.3, -0.25) is 14.4 Å². The molecule has 0 N–H and O–H groups in total. The third-order valence-electron chi connectivity index (χ3n) is 10.9. The van der Waals surface area contributed by atoms with Crippen molar-refractivity contribution in [1.29, 1.82) is 0 Å². The molecular weight excluding hydrogens is 721 g/mol. The van der Waals surface area contributed by atoms with Crippen LogP contribution in [0, 0.1) is 0 Å². The Labute approximate surface area is 359 Å². The highest BCUT2D eigenvalue weighted by Crippen LogP contribution is 2.15. The number of unbranched alkanes of at least 4 members (excludes halogenated alkanes) is 28. The van der Waals surface area contributed by atoms with Crippen LogP contribution in [0.3, 0.4) is 0 Å². The van der Waals surface area contributed by atoms with Gasteiger partial charge in [0.1, 0.15) is 13.2 Å². The van der Waals surface area contributed by atoms with E-state index in [9.17, 15) is 14.4 Å². The lowest BCUT2D eigenvalue weighted by Crippen LogP contribution is -2.30. The summed E-state index contributed by atoms with van der Waals surface area (Å²) in [5.74, 6) is -0.894. The molecule has 0 aliphatic rings. The highest BCUT2D eigenvalue weighted by atomic mass is 16.6. The van der Waals surface area contributed by atoms with E-state index in [1.54, 1.807) is 0 Å². The molecule has 0 heterocycles. The van der Waals surface area contributed by atoms with Crippen LogP contribution in [0.15, 0.2) is 36.5 Å². The molecular formula is C52H94O6. The molecule has 0 aromatic heterocycles. The molecule has 0 spiro atoms. The average Bonchev–Trinajstić information content (AvgIpc) is 3.22. The summed E-state index contributed by atoms with van der Waals surface area (Å²) in [6.45, 7) is 6.58. The molecule has 0 radical (unpaired) electrons. The van der Waals surface area contributed by atoms with Crippen LogP contribution in [-0.4, -0.2) is 37.2 Å². The third-order valence-corrected chi connectivity index (χ3v) is 10.9. The summed E-state index contributed by atoms with van der Waals surface area (Å²) in [6, 6.07) is 0. The maximum Gasteiger partial charge on any atom is 0.306 e. The molecule has 0 bridgehead atoms. The first kappa shape index (κ1) is 55.6. The van der Waals surface area contributed by atoms with E-state index in [0.717, 1.165) is 89.9 Å². The van der Waals surface area contributed by atoms with E-state index in [1.165, 1.54) is 128 Å². The Balaban J connectivity index is 4.39. The van der Waals surface area contributed by atoms with Crippen molar-refractivity contribution >= 4 is 17.9 Å². The van der Waals surface area contributed by atoms with Crippen molar-refractivity contribution in [3.05, 3.63) is 36.5 Å². The van der Waals surface area contributed by atoms with Crippen LogP contribution in [0.1, 0.15) is 258 Å². The van der Waals surface area contributed by atoms with E-state index in [-0.39, 0.29) is 31.1 Å². The summed E-state index contributed by atoms with van der Waals surface area (Å²) >= 11 is 0. The first-order valence-corrected chi connectivity index (χ1v) is 25.0. The molecule has 0 aliphatic heterocycles. The summed E-state index contributed by atoms with van der Waals surface area (Å²) < 4.78 is 16.8. The Bertz CT molecular complexity index is 984. The lowest BCUT2D eigenvalue weighted by atomic mass is 10.0. The second-order valence-electron chi connectivity index (χ2n) is 16.7. The molecule has 0 rings (SSSR count). The Hall–Kier alpha value is -2.37. The van der Waals surface area contributed by atoms with Gasteiger partial charge < -0.3 is 14.2 Å². The van der Waals surface area contributed by atoms with Crippen LogP contribution >= 0.6 is 0 Å². The molecule has 6 heteroatoms. The number of hydrogen-bond donors (Lipinski definition) is 0. The Morgan fingerprint density at radius 3 is 1.02 bits per heavy atom. The Kier molecular flexibility index (Phi) is 45.4. The van der Waals surface area contributed by atoms with Gasteiger partial charge in [-0.1, -0.05) is 205 Å². The Morgan fingerprint density at radius 2 is 0.638 bits per heavy atom. The lowest BCUT2D eigenvalue weighted by molar-refractivity contribution is -0.167. The van der Waals surface area contributed by atoms with Crippen LogP contribution in [0.2, 0.25) is 0 Å². The number of allylic oxidation sites excluding steroid dienone is 6. The minimum absolute atomic E-state index is 0.0774. The van der Waals surface area contributed by atoms with Gasteiger partial charge in [0.05, 0.1) is 0 Å². The average molecular weight is 815 g/mol. The minimum atomic E-state index is -0.777. The molecule has 58 heavy (non-hydrogen) atoms. The molecule has 1 unspecified atom stereocenters. The lowest BCUT2D eigenvalue weighted by Gasteiger charge is -2.18. The topological polar surface area (TPSA) is 78.9 Å². The number of carbonyl (C=O) groups excluding carboxylic acids is 3. The van der Waals surface area contributed by atoms with Gasteiger partial charge >= 0.3 is 17.9 Å². The fourth-order valence-corrected chi connectivity index (χ4v) is 7.04. The summed E-state index contributed by atoms with van der Waals surface area (Å²) in [5, 5.41) is 0. The molecule has 0 aromatic rings. The second kappa shape index (κ2) is 47.3. The predicted molar refractivity (Wildman–Crippen MR) is 247 cm³/mol. The van der Waals surface area contributed by atoms with E-state index in [2.05, 4.69) is 57.2 Å². The fourth-order valence-electron chi connectivity index (χ4n) is 7.04. The maximum atomic E-state index is 12.8. The van der Waals surface area contributed by atoms with Crippen molar-refractivity contribution in [3.8, 4) is 0 Å². The van der Waals surface area contributed by atoms with Crippen molar-refractivity contribution in [2.24, 2.45) is 0 Å². The molecule has 0 saturated heterocycles. The number of carbonyl (C=O) groups is 3. The SMILES string of the molecule is CCCC/C=C\C/C=C\CCCCCCCC(=O)OCC(COC(=O)CCCCCCCCCCCCCC)OC(=O)CCCCCCC/C=C\CCCCCCC. The highest BCUT2D eigenvalue weighted by molar-refractivity contribution is 5.71. The zero-order valence-corrected chi connectivity index (χ0v) is 38.6. The van der Waals surface area contributed by atoms with Crippen LogP contribution in [0.4, 0.5) is 0 Å². The van der Waals surface area contributed by atoms with Crippen LogP contribution in [-0.2, 0) is 28.6 Å². The van der Waals surface area contributed by atoms with Gasteiger partial charge in [-0.15, -0.1) is 0 Å². The molecule has 0 fully saturated rings. The van der Waals surface area contributed by atoms with Gasteiger partial charge in [0.25, 0.3) is 0 Å². The van der Waals surface area contributed by atoms with Gasteiger partial charge in [-0.05, 0) is 70.6 Å². The van der Waals surface area contributed by atoms with Crippen LogP contribution in [0.25, 0.3) is 0 Å².